The average molecular weight is 1330 g/mol. The monoisotopic (exact) mass is 1330 g/mol. The Labute approximate surface area is 484 Å². The van der Waals surface area contributed by atoms with Gasteiger partial charge in [0.15, 0.2) is 0 Å². The van der Waals surface area contributed by atoms with Gasteiger partial charge in [-0.3, -0.25) is 0 Å². The minimum atomic E-state index is -4.74. The number of alkyl halides is 6. The quantitative estimate of drug-likeness (QED) is 0.0671. The van der Waals surface area contributed by atoms with Crippen LogP contribution in [0.4, 0.5) is 26.3 Å². The summed E-state index contributed by atoms with van der Waals surface area (Å²) in [6.07, 6.45) is -0.384. The largest absolute Gasteiger partial charge is 0.456 e. The number of benzene rings is 4. The molecule has 0 spiro atoms. The maximum absolute atomic E-state index is 14.5. The van der Waals surface area contributed by atoms with Gasteiger partial charge in [0.2, 0.25) is 5.60 Å². The Balaban J connectivity index is 0.000000320. The Bertz CT molecular complexity index is 2670. The smallest absolute Gasteiger partial charge is 0.425 e. The van der Waals surface area contributed by atoms with E-state index in [0.717, 1.165) is 71.5 Å². The van der Waals surface area contributed by atoms with Gasteiger partial charge in [-0.1, -0.05) is 58.7 Å². The molecule has 2 heterocycles. The van der Waals surface area contributed by atoms with Gasteiger partial charge in [0.1, 0.15) is 11.2 Å². The maximum atomic E-state index is 14.5. The Morgan fingerprint density at radius 3 is 1.32 bits per heavy atom. The van der Waals surface area contributed by atoms with Crippen molar-refractivity contribution in [1.29, 1.82) is 0 Å². The molecule has 426 valence electrons. The van der Waals surface area contributed by atoms with Crippen LogP contribution >= 0.6 is 62.3 Å². The van der Waals surface area contributed by atoms with Crippen molar-refractivity contribution in [1.82, 2.24) is 0 Å². The molecule has 18 heteroatoms. The third-order valence-corrected chi connectivity index (χ3v) is 30.1. The molecular weight excluding hydrogens is 1260 g/mol. The van der Waals surface area contributed by atoms with E-state index in [1.165, 1.54) is 42.5 Å². The molecule has 4 aromatic rings. The van der Waals surface area contributed by atoms with Crippen LogP contribution < -0.4 is 0 Å². The Morgan fingerprint density at radius 2 is 0.961 bits per heavy atom. The first-order valence-corrected chi connectivity index (χ1v) is 35.1. The molecule has 77 heavy (non-hydrogen) atoms. The molecule has 0 aromatic heterocycles. The topological polar surface area (TPSA) is 71.1 Å². The van der Waals surface area contributed by atoms with E-state index in [1.54, 1.807) is 52.0 Å². The number of rotatable bonds is 15. The molecule has 0 bridgehead atoms. The minimum Gasteiger partial charge on any atom is -0.456 e. The van der Waals surface area contributed by atoms with Gasteiger partial charge in [0.05, 0.1) is 17.7 Å². The van der Waals surface area contributed by atoms with Crippen molar-refractivity contribution in [2.75, 3.05) is 13.2 Å². The van der Waals surface area contributed by atoms with Gasteiger partial charge in [0, 0.05) is 14.5 Å². The van der Waals surface area contributed by atoms with E-state index < -0.39 is 59.1 Å². The van der Waals surface area contributed by atoms with Crippen LogP contribution in [0.25, 0.3) is 5.57 Å². The first kappa shape index (κ1) is 68.5. The Kier molecular flexibility index (Phi) is 25.2. The fourth-order valence-corrected chi connectivity index (χ4v) is 26.8. The standard InChI is InChI=1S/C23H21Cl2F3O3.C12H15BrO2.C11H6Cl2F3O.3C4H9.CH4.Sn/c1-13-7-14(5-6-19(13)20(29)31-21(2,3)4)15-11-22(30-12-15,23(26,27)28)16-8-17(24)10-18(25)9-16;1-8-7-9(13)5-6-10(8)11(14)15-12(2,3)4;12-8-4-7(5-9(13)6-8)10(11(14,15)16)2-1-3-17-10;3*1-3-4-2;;/h5-11H,12H2,1-4H3;5-7H,1-4H3;2,4-6H,3H2;3*1,3-4H2,2H3;1H4;. The molecule has 2 aliphatic rings. The summed E-state index contributed by atoms with van der Waals surface area (Å²) in [5, 5.41) is 0.525. The Morgan fingerprint density at radius 1 is 0.584 bits per heavy atom. The van der Waals surface area contributed by atoms with Crippen LogP contribution in [-0.2, 0) is 30.1 Å². The zero-order valence-electron chi connectivity index (χ0n) is 45.0. The summed E-state index contributed by atoms with van der Waals surface area (Å²) in [4.78, 5) is 24.1. The van der Waals surface area contributed by atoms with E-state index >= 15 is 0 Å². The normalized spacial score (nSPS) is 17.7. The molecule has 0 fully saturated rings. The fraction of sp³-hybridized carbons (Fsp3) is 0.492. The molecule has 6 rings (SSSR count). The Hall–Kier alpha value is -2.76. The van der Waals surface area contributed by atoms with Gasteiger partial charge in [-0.2, -0.15) is 13.2 Å². The molecule has 0 amide bonds. The zero-order chi connectivity index (χ0) is 57.2. The molecule has 2 aliphatic heterocycles. The van der Waals surface area contributed by atoms with Crippen molar-refractivity contribution in [3.8, 4) is 0 Å². The van der Waals surface area contributed by atoms with E-state index in [-0.39, 0.29) is 57.8 Å². The molecule has 6 nitrogen and oxygen atoms in total. The summed E-state index contributed by atoms with van der Waals surface area (Å²) in [6, 6.07) is 18.1. The van der Waals surface area contributed by atoms with Crippen LogP contribution in [0.1, 0.15) is 157 Å². The molecule has 0 saturated carbocycles. The van der Waals surface area contributed by atoms with Crippen LogP contribution in [-0.4, -0.2) is 67.1 Å². The predicted molar refractivity (Wildman–Crippen MR) is 308 cm³/mol. The number of carbonyl (C=O) groups excluding carboxylic acids is 2. The third kappa shape index (κ3) is 18.4. The van der Waals surface area contributed by atoms with E-state index in [4.69, 9.17) is 65.4 Å². The summed E-state index contributed by atoms with van der Waals surface area (Å²) in [5.74, 6) is -0.765. The summed E-state index contributed by atoms with van der Waals surface area (Å²) in [6.45, 7) is 20.7. The predicted octanol–water partition coefficient (Wildman–Crippen LogP) is 20.6. The summed E-state index contributed by atoms with van der Waals surface area (Å²) < 4.78 is 113. The number of esters is 2. The van der Waals surface area contributed by atoms with E-state index in [1.807, 2.05) is 39.8 Å². The number of ether oxygens (including phenoxy) is 4. The van der Waals surface area contributed by atoms with Gasteiger partial charge < -0.3 is 14.2 Å². The zero-order valence-corrected chi connectivity index (χ0v) is 52.4. The van der Waals surface area contributed by atoms with E-state index in [2.05, 4.69) is 36.7 Å². The summed E-state index contributed by atoms with van der Waals surface area (Å²) >= 11 is 24.3. The molecule has 2 atom stereocenters. The molecule has 0 radical (unpaired) electrons. The van der Waals surface area contributed by atoms with Crippen molar-refractivity contribution >= 4 is 98.2 Å². The summed E-state index contributed by atoms with van der Waals surface area (Å²) in [7, 11) is 0. The third-order valence-electron chi connectivity index (χ3n) is 12.8. The molecule has 4 aromatic carbocycles. The first-order valence-electron chi connectivity index (χ1n) is 25.3. The first-order chi connectivity index (χ1) is 35.1. The van der Waals surface area contributed by atoms with Crippen LogP contribution in [0.5, 0.6) is 0 Å². The SMILES string of the molecule is C.CCC[CH2][Sn]([CH2]CCC)([CH2]CCC)[C]1=CC(c2cc(Cl)cc(Cl)c2)(C(F)(F)F)OC1.Cc1cc(Br)ccc1C(=O)OC(C)(C)C.Cc1cc(C2=CC(c3cc(Cl)cc(Cl)c3)(C(F)(F)F)OC2)ccc1C(=O)OC(C)(C)C. The second-order valence-electron chi connectivity index (χ2n) is 21.3. The minimum absolute atomic E-state index is 0. The van der Waals surface area contributed by atoms with Crippen molar-refractivity contribution < 1.29 is 54.9 Å². The van der Waals surface area contributed by atoms with Crippen LogP contribution in [0.3, 0.4) is 0 Å². The number of hydrogen-bond donors (Lipinski definition) is 0. The van der Waals surface area contributed by atoms with Crippen LogP contribution in [0.15, 0.2) is 93.0 Å². The van der Waals surface area contributed by atoms with Crippen LogP contribution in [0, 0.1) is 13.8 Å². The van der Waals surface area contributed by atoms with Crippen molar-refractivity contribution in [2.24, 2.45) is 0 Å². The molecule has 0 N–H and O–H groups in total. The van der Waals surface area contributed by atoms with Crippen LogP contribution in [0.2, 0.25) is 33.4 Å². The second kappa shape index (κ2) is 28.3. The summed E-state index contributed by atoms with van der Waals surface area (Å²) in [5.41, 5.74) is -3.13. The molecular formula is C59H73BrCl4F6O6Sn. The van der Waals surface area contributed by atoms with Gasteiger partial charge in [-0.15, -0.1) is 0 Å². The van der Waals surface area contributed by atoms with Crippen molar-refractivity contribution in [2.45, 2.75) is 170 Å². The van der Waals surface area contributed by atoms with Crippen molar-refractivity contribution in [3.05, 3.63) is 152 Å². The molecule has 0 saturated heterocycles. The number of carbonyl (C=O) groups is 2. The van der Waals surface area contributed by atoms with E-state index in [9.17, 15) is 35.9 Å². The van der Waals surface area contributed by atoms with Gasteiger partial charge in [0.25, 0.3) is 0 Å². The van der Waals surface area contributed by atoms with Gasteiger partial charge in [-0.05, 0) is 132 Å². The molecule has 2 unspecified atom stereocenters. The number of hydrogen-bond acceptors (Lipinski definition) is 6. The van der Waals surface area contributed by atoms with Crippen molar-refractivity contribution in [3.63, 3.8) is 0 Å². The molecule has 0 aliphatic carbocycles. The number of aryl methyl sites for hydroxylation is 2. The van der Waals surface area contributed by atoms with E-state index in [0.29, 0.717) is 27.8 Å². The average Bonchev–Trinajstić information content (AvgIpc) is 3.96. The second-order valence-corrected chi connectivity index (χ2v) is 37.4. The number of unbranched alkanes of at least 4 members (excludes halogenated alkanes) is 3. The van der Waals surface area contributed by atoms with Gasteiger partial charge >= 0.3 is 212 Å². The fourth-order valence-electron chi connectivity index (χ4n) is 9.05. The van der Waals surface area contributed by atoms with Gasteiger partial charge in [-0.25, -0.2) is 9.59 Å². The maximum Gasteiger partial charge on any atom is 0.425 e. The number of halogens is 11.